The Kier molecular flexibility index (Phi) is 6.40. The third-order valence-electron chi connectivity index (χ3n) is 9.78. The zero-order chi connectivity index (χ0) is 31.1. The minimum absolute atomic E-state index is 0.0751. The highest BCUT2D eigenvalue weighted by Crippen LogP contribution is 2.64. The molecule has 0 radical (unpaired) electrons. The minimum atomic E-state index is -1.62. The number of nitrogens with zero attached hydrogens (tertiary/aromatic N) is 2. The average Bonchev–Trinajstić information content (AvgIpc) is 3.36. The first-order chi connectivity index (χ1) is 21.0. The predicted molar refractivity (Wildman–Crippen MR) is 155 cm³/mol. The van der Waals surface area contributed by atoms with Crippen molar-refractivity contribution in [1.82, 2.24) is 9.91 Å². The Labute approximate surface area is 255 Å². The predicted octanol–water partition coefficient (Wildman–Crippen LogP) is 4.94. The van der Waals surface area contributed by atoms with Gasteiger partial charge in [-0.15, -0.1) is 0 Å². The van der Waals surface area contributed by atoms with Crippen LogP contribution in [0.1, 0.15) is 29.9 Å². The first-order valence-electron chi connectivity index (χ1n) is 14.2. The van der Waals surface area contributed by atoms with Gasteiger partial charge in [0.1, 0.15) is 5.82 Å². The van der Waals surface area contributed by atoms with Crippen LogP contribution in [0.3, 0.4) is 0 Å². The van der Waals surface area contributed by atoms with Gasteiger partial charge in [0.15, 0.2) is 11.6 Å². The van der Waals surface area contributed by atoms with Crippen molar-refractivity contribution in [1.29, 1.82) is 0 Å². The molecule has 3 fully saturated rings. The van der Waals surface area contributed by atoms with E-state index in [-0.39, 0.29) is 24.7 Å². The minimum Gasteiger partial charge on any atom is -0.505 e. The van der Waals surface area contributed by atoms with Crippen molar-refractivity contribution in [2.45, 2.75) is 24.2 Å². The van der Waals surface area contributed by atoms with Crippen LogP contribution in [0.25, 0.3) is 0 Å². The summed E-state index contributed by atoms with van der Waals surface area (Å²) in [4.78, 5) is 56.9. The summed E-state index contributed by atoms with van der Waals surface area (Å²) < 4.78 is 28.7. The largest absolute Gasteiger partial charge is 0.505 e. The summed E-state index contributed by atoms with van der Waals surface area (Å²) in [5.41, 5.74) is 2.96. The van der Waals surface area contributed by atoms with E-state index in [0.717, 1.165) is 16.0 Å². The Hall–Kier alpha value is -4.57. The second-order valence-electron chi connectivity index (χ2n) is 11.8. The van der Waals surface area contributed by atoms with Gasteiger partial charge in [-0.25, -0.2) is 8.78 Å². The molecule has 0 spiro atoms. The van der Waals surface area contributed by atoms with Gasteiger partial charge in [0.05, 0.1) is 28.9 Å². The molecule has 2 aliphatic carbocycles. The lowest BCUT2D eigenvalue weighted by Gasteiger charge is -2.50. The molecule has 3 aromatic rings. The van der Waals surface area contributed by atoms with Crippen LogP contribution >= 0.6 is 11.6 Å². The number of rotatable bonds is 4. The number of anilines is 1. The van der Waals surface area contributed by atoms with Crippen molar-refractivity contribution in [2.75, 3.05) is 12.5 Å². The van der Waals surface area contributed by atoms with E-state index in [0.29, 0.717) is 27.4 Å². The van der Waals surface area contributed by atoms with E-state index >= 15 is 4.39 Å². The zero-order valence-electron chi connectivity index (χ0n) is 23.3. The standard InChI is InChI=1S/C33H26ClF2N3O5/c1-38-29(41)22-12-11-21-23(27(22)31(38)43)15-24-30(42)39(37-20-9-7-19(35)8-10-20)32(44)33(24,17-3-5-18(34)6-4-17)28(21)16-2-13-26(40)25(36)14-16/h2-11,13-14,22-24,27-28,37,40H,12,15H2,1H3/t22-,23+,24-,27-,28-,33+/m0/s1. The summed E-state index contributed by atoms with van der Waals surface area (Å²) in [6.45, 7) is 0. The molecule has 4 amide bonds. The maximum absolute atomic E-state index is 15.0. The Morgan fingerprint density at radius 2 is 1.61 bits per heavy atom. The number of phenolic OH excluding ortho intramolecular Hbond substituents is 1. The summed E-state index contributed by atoms with van der Waals surface area (Å²) in [5, 5.41) is 11.4. The molecule has 224 valence electrons. The van der Waals surface area contributed by atoms with Crippen LogP contribution in [0.4, 0.5) is 14.5 Å². The van der Waals surface area contributed by atoms with Gasteiger partial charge < -0.3 is 5.11 Å². The number of phenols is 1. The smallest absolute Gasteiger partial charge is 0.260 e. The zero-order valence-corrected chi connectivity index (χ0v) is 24.1. The topological polar surface area (TPSA) is 107 Å². The molecule has 6 atom stereocenters. The van der Waals surface area contributed by atoms with E-state index in [2.05, 4.69) is 5.43 Å². The Balaban J connectivity index is 1.47. The maximum Gasteiger partial charge on any atom is 0.260 e. The molecule has 44 heavy (non-hydrogen) atoms. The number of hydrogen-bond donors (Lipinski definition) is 2. The second-order valence-corrected chi connectivity index (χ2v) is 12.3. The summed E-state index contributed by atoms with van der Waals surface area (Å²) in [6, 6.07) is 15.6. The highest BCUT2D eigenvalue weighted by atomic mass is 35.5. The lowest BCUT2D eigenvalue weighted by Crippen LogP contribution is -2.53. The first kappa shape index (κ1) is 28.2. The number of carbonyl (C=O) groups is 4. The number of hydrazine groups is 1. The lowest BCUT2D eigenvalue weighted by atomic mass is 9.49. The van der Waals surface area contributed by atoms with Crippen molar-refractivity contribution in [3.8, 4) is 5.75 Å². The third-order valence-corrected chi connectivity index (χ3v) is 10.0. The molecular formula is C33H26ClF2N3O5. The fourth-order valence-corrected chi connectivity index (χ4v) is 8.02. The van der Waals surface area contributed by atoms with Crippen LogP contribution < -0.4 is 5.43 Å². The molecule has 7 rings (SSSR count). The van der Waals surface area contributed by atoms with Crippen LogP contribution in [0, 0.1) is 35.3 Å². The number of fused-ring (bicyclic) bond motifs is 4. The number of hydrogen-bond acceptors (Lipinski definition) is 6. The van der Waals surface area contributed by atoms with Gasteiger partial charge in [0.2, 0.25) is 11.8 Å². The monoisotopic (exact) mass is 617 g/mol. The molecule has 11 heteroatoms. The van der Waals surface area contributed by atoms with E-state index < -0.39 is 64.2 Å². The Morgan fingerprint density at radius 1 is 0.909 bits per heavy atom. The Bertz CT molecular complexity index is 1780. The SMILES string of the molecule is CN1C(=O)[C@H]2[C@H](CC=C3[C@H]2C[C@H]2C(=O)N(Nc4ccc(F)cc4)C(=O)[C@@]2(c2ccc(Cl)cc2)[C@H]3c2ccc(O)c(F)c2)C1=O. The molecule has 3 aromatic carbocycles. The fraction of sp³-hybridized carbons (Fsp3) is 0.273. The van der Waals surface area contributed by atoms with Crippen molar-refractivity contribution < 1.29 is 33.1 Å². The van der Waals surface area contributed by atoms with Gasteiger partial charge in [-0.1, -0.05) is 41.4 Å². The number of imide groups is 2. The van der Waals surface area contributed by atoms with Crippen LogP contribution in [-0.4, -0.2) is 45.7 Å². The van der Waals surface area contributed by atoms with E-state index in [4.69, 9.17) is 11.6 Å². The van der Waals surface area contributed by atoms with Crippen LogP contribution in [0.2, 0.25) is 5.02 Å². The van der Waals surface area contributed by atoms with Crippen LogP contribution in [0.5, 0.6) is 5.75 Å². The van der Waals surface area contributed by atoms with Gasteiger partial charge in [-0.05, 0) is 78.4 Å². The van der Waals surface area contributed by atoms with Gasteiger partial charge in [-0.3, -0.25) is 29.5 Å². The molecule has 2 aliphatic heterocycles. The second kappa shape index (κ2) is 9.99. The van der Waals surface area contributed by atoms with E-state index in [9.17, 15) is 28.7 Å². The number of likely N-dealkylation sites (tertiary alicyclic amines) is 1. The normalized spacial score (nSPS) is 29.4. The third kappa shape index (κ3) is 3.86. The summed E-state index contributed by atoms with van der Waals surface area (Å²) in [6.07, 6.45) is 2.17. The van der Waals surface area contributed by atoms with E-state index in [1.165, 1.54) is 43.4 Å². The number of aromatic hydroxyl groups is 1. The molecule has 0 unspecified atom stereocenters. The maximum atomic E-state index is 15.0. The van der Waals surface area contributed by atoms with Crippen molar-refractivity contribution >= 4 is 40.9 Å². The average molecular weight is 618 g/mol. The lowest BCUT2D eigenvalue weighted by molar-refractivity contribution is -0.140. The fourth-order valence-electron chi connectivity index (χ4n) is 7.89. The van der Waals surface area contributed by atoms with Crippen LogP contribution in [0.15, 0.2) is 78.4 Å². The molecule has 2 heterocycles. The molecule has 2 N–H and O–H groups in total. The molecule has 1 saturated carbocycles. The molecule has 4 aliphatic rings. The molecule has 0 aromatic heterocycles. The number of halogens is 3. The quantitative estimate of drug-likeness (QED) is 0.317. The van der Waals surface area contributed by atoms with Crippen molar-refractivity contribution in [3.05, 3.63) is 106 Å². The summed E-state index contributed by atoms with van der Waals surface area (Å²) in [5.74, 6) is -7.79. The van der Waals surface area contributed by atoms with Gasteiger partial charge in [0, 0.05) is 18.0 Å². The van der Waals surface area contributed by atoms with Crippen molar-refractivity contribution in [2.24, 2.45) is 23.7 Å². The van der Waals surface area contributed by atoms with E-state index in [1.54, 1.807) is 24.3 Å². The Morgan fingerprint density at radius 3 is 2.30 bits per heavy atom. The number of benzene rings is 3. The first-order valence-corrected chi connectivity index (χ1v) is 14.6. The molecular weight excluding hydrogens is 592 g/mol. The highest BCUT2D eigenvalue weighted by Gasteiger charge is 2.70. The molecule has 2 saturated heterocycles. The van der Waals surface area contributed by atoms with E-state index in [1.807, 2.05) is 6.08 Å². The number of amides is 4. The molecule has 8 nitrogen and oxygen atoms in total. The summed E-state index contributed by atoms with van der Waals surface area (Å²) in [7, 11) is 1.44. The molecule has 0 bridgehead atoms. The number of nitrogens with one attached hydrogen (secondary N) is 1. The number of allylic oxidation sites excluding steroid dienone is 2. The van der Waals surface area contributed by atoms with Gasteiger partial charge >= 0.3 is 0 Å². The van der Waals surface area contributed by atoms with Crippen LogP contribution in [-0.2, 0) is 24.6 Å². The van der Waals surface area contributed by atoms with Gasteiger partial charge in [0.25, 0.3) is 11.8 Å². The summed E-state index contributed by atoms with van der Waals surface area (Å²) >= 11 is 6.24. The van der Waals surface area contributed by atoms with Crippen molar-refractivity contribution in [3.63, 3.8) is 0 Å². The number of carbonyl (C=O) groups excluding carboxylic acids is 4. The highest BCUT2D eigenvalue weighted by molar-refractivity contribution is 6.30. The van der Waals surface area contributed by atoms with Gasteiger partial charge in [-0.2, -0.15) is 5.01 Å².